The monoisotopic (exact) mass is 380 g/mol. The molecule has 0 aromatic heterocycles. The van der Waals surface area contributed by atoms with E-state index in [0.717, 1.165) is 12.1 Å². The quantitative estimate of drug-likeness (QED) is 0.730. The molecule has 3 aliphatic rings. The van der Waals surface area contributed by atoms with Crippen molar-refractivity contribution >= 4 is 21.6 Å². The van der Waals surface area contributed by atoms with Crippen molar-refractivity contribution in [1.82, 2.24) is 4.31 Å². The number of rotatable bonds is 5. The summed E-state index contributed by atoms with van der Waals surface area (Å²) in [7, 11) is -3.19. The highest BCUT2D eigenvalue weighted by Gasteiger charge is 2.54. The summed E-state index contributed by atoms with van der Waals surface area (Å²) in [4.78, 5) is 14.6. The van der Waals surface area contributed by atoms with Crippen LogP contribution >= 0.6 is 0 Å². The number of ether oxygens (including phenoxy) is 2. The molecule has 1 amide bonds. The van der Waals surface area contributed by atoms with Crippen molar-refractivity contribution in [2.75, 3.05) is 37.1 Å². The summed E-state index contributed by atoms with van der Waals surface area (Å²) in [6.07, 6.45) is 2.73. The lowest BCUT2D eigenvalue weighted by molar-refractivity contribution is -0.137. The van der Waals surface area contributed by atoms with Gasteiger partial charge in [0.15, 0.2) is 11.5 Å². The van der Waals surface area contributed by atoms with Crippen LogP contribution in [-0.2, 0) is 14.8 Å². The van der Waals surface area contributed by atoms with E-state index in [-0.39, 0.29) is 18.5 Å². The van der Waals surface area contributed by atoms with Gasteiger partial charge in [0.25, 0.3) is 0 Å². The SMILES string of the molecule is CCCCS(=O)(=O)N1CCC2(CC1)CN(c1ccc3c(c1)OCO3)C2=O. The minimum absolute atomic E-state index is 0.0852. The van der Waals surface area contributed by atoms with Crippen molar-refractivity contribution in [3.63, 3.8) is 0 Å². The number of nitrogens with zero attached hydrogens (tertiary/aromatic N) is 2. The molecule has 0 bridgehead atoms. The molecule has 4 rings (SSSR count). The molecule has 3 aliphatic heterocycles. The normalized spacial score (nSPS) is 21.9. The molecule has 1 spiro atoms. The third kappa shape index (κ3) is 2.85. The van der Waals surface area contributed by atoms with Crippen LogP contribution in [0.3, 0.4) is 0 Å². The zero-order chi connectivity index (χ0) is 18.4. The topological polar surface area (TPSA) is 76.2 Å². The molecule has 1 aromatic rings. The predicted octanol–water partition coefficient (Wildman–Crippen LogP) is 1.97. The maximum absolute atomic E-state index is 12.9. The molecule has 0 atom stereocenters. The fourth-order valence-corrected chi connectivity index (χ4v) is 5.57. The van der Waals surface area contributed by atoms with Crippen LogP contribution in [0.1, 0.15) is 32.6 Å². The Morgan fingerprint density at radius 1 is 1.15 bits per heavy atom. The Balaban J connectivity index is 1.40. The number of anilines is 1. The second-order valence-corrected chi connectivity index (χ2v) is 9.37. The van der Waals surface area contributed by atoms with Crippen LogP contribution in [0, 0.1) is 5.41 Å². The van der Waals surface area contributed by atoms with Gasteiger partial charge < -0.3 is 14.4 Å². The van der Waals surface area contributed by atoms with E-state index in [1.807, 2.05) is 25.1 Å². The first-order chi connectivity index (χ1) is 12.5. The van der Waals surface area contributed by atoms with Gasteiger partial charge in [0.05, 0.1) is 11.2 Å². The van der Waals surface area contributed by atoms with E-state index in [1.165, 1.54) is 0 Å². The number of carbonyl (C=O) groups is 1. The Bertz CT molecular complexity index is 815. The van der Waals surface area contributed by atoms with Crippen LogP contribution in [0.5, 0.6) is 11.5 Å². The molecule has 0 saturated carbocycles. The first-order valence-corrected chi connectivity index (χ1v) is 10.8. The molecule has 2 saturated heterocycles. The summed E-state index contributed by atoms with van der Waals surface area (Å²) in [6, 6.07) is 5.51. The Morgan fingerprint density at radius 2 is 1.88 bits per heavy atom. The molecule has 0 radical (unpaired) electrons. The molecule has 0 N–H and O–H groups in total. The van der Waals surface area contributed by atoms with Gasteiger partial charge >= 0.3 is 0 Å². The molecular weight excluding hydrogens is 356 g/mol. The summed E-state index contributed by atoms with van der Waals surface area (Å²) in [5.41, 5.74) is 0.399. The Kier molecular flexibility index (Phi) is 4.35. The van der Waals surface area contributed by atoms with E-state index < -0.39 is 15.4 Å². The third-order valence-corrected chi connectivity index (χ3v) is 7.61. The van der Waals surface area contributed by atoms with Crippen LogP contribution in [0.25, 0.3) is 0 Å². The maximum Gasteiger partial charge on any atom is 0.235 e. The molecule has 8 heteroatoms. The number of hydrogen-bond donors (Lipinski definition) is 0. The van der Waals surface area contributed by atoms with Gasteiger partial charge in [0, 0.05) is 31.4 Å². The first-order valence-electron chi connectivity index (χ1n) is 9.15. The molecule has 2 fully saturated rings. The molecule has 142 valence electrons. The minimum atomic E-state index is -3.19. The van der Waals surface area contributed by atoms with E-state index in [9.17, 15) is 13.2 Å². The van der Waals surface area contributed by atoms with Gasteiger partial charge in [-0.3, -0.25) is 4.79 Å². The van der Waals surface area contributed by atoms with Crippen molar-refractivity contribution in [2.24, 2.45) is 5.41 Å². The van der Waals surface area contributed by atoms with Gasteiger partial charge in [-0.2, -0.15) is 0 Å². The average molecular weight is 380 g/mol. The first kappa shape index (κ1) is 17.6. The van der Waals surface area contributed by atoms with Gasteiger partial charge in [0.1, 0.15) is 0 Å². The number of fused-ring (bicyclic) bond motifs is 1. The zero-order valence-electron chi connectivity index (χ0n) is 14.9. The van der Waals surface area contributed by atoms with Crippen LogP contribution < -0.4 is 14.4 Å². The standard InChI is InChI=1S/C18H24N2O5S/c1-2-3-10-26(22,23)19-8-6-18(7-9-19)12-20(17(18)21)14-4-5-15-16(11-14)25-13-24-15/h4-5,11H,2-3,6-10,12-13H2,1H3. The van der Waals surface area contributed by atoms with Crippen molar-refractivity contribution < 1.29 is 22.7 Å². The summed E-state index contributed by atoms with van der Waals surface area (Å²) in [5.74, 6) is 1.64. The van der Waals surface area contributed by atoms with Gasteiger partial charge in [-0.15, -0.1) is 0 Å². The van der Waals surface area contributed by atoms with Gasteiger partial charge in [-0.1, -0.05) is 13.3 Å². The molecule has 26 heavy (non-hydrogen) atoms. The predicted molar refractivity (Wildman–Crippen MR) is 96.9 cm³/mol. The van der Waals surface area contributed by atoms with E-state index in [1.54, 1.807) is 9.21 Å². The molecule has 1 aromatic carbocycles. The van der Waals surface area contributed by atoms with Crippen LogP contribution in [-0.4, -0.2) is 50.8 Å². The van der Waals surface area contributed by atoms with Crippen molar-refractivity contribution in [2.45, 2.75) is 32.6 Å². The summed E-state index contributed by atoms with van der Waals surface area (Å²) >= 11 is 0. The number of piperidine rings is 1. The number of benzene rings is 1. The van der Waals surface area contributed by atoms with Gasteiger partial charge in [-0.25, -0.2) is 12.7 Å². The molecule has 0 aliphatic carbocycles. The van der Waals surface area contributed by atoms with E-state index in [2.05, 4.69) is 0 Å². The number of hydrogen-bond acceptors (Lipinski definition) is 5. The van der Waals surface area contributed by atoms with Crippen LogP contribution in [0.2, 0.25) is 0 Å². The number of amides is 1. The van der Waals surface area contributed by atoms with Crippen LogP contribution in [0.4, 0.5) is 5.69 Å². The maximum atomic E-state index is 12.9. The molecule has 7 nitrogen and oxygen atoms in total. The minimum Gasteiger partial charge on any atom is -0.454 e. The Hall–Kier alpha value is -1.80. The zero-order valence-corrected chi connectivity index (χ0v) is 15.8. The summed E-state index contributed by atoms with van der Waals surface area (Å²) < 4.78 is 36.9. The summed E-state index contributed by atoms with van der Waals surface area (Å²) in [5, 5.41) is 0. The highest BCUT2D eigenvalue weighted by atomic mass is 32.2. The largest absolute Gasteiger partial charge is 0.454 e. The van der Waals surface area contributed by atoms with Crippen molar-refractivity contribution in [3.8, 4) is 11.5 Å². The summed E-state index contributed by atoms with van der Waals surface area (Å²) in [6.45, 7) is 3.70. The molecule has 0 unspecified atom stereocenters. The van der Waals surface area contributed by atoms with Crippen molar-refractivity contribution in [1.29, 1.82) is 0 Å². The molecular formula is C18H24N2O5S. The number of unbranched alkanes of at least 4 members (excludes halogenated alkanes) is 1. The number of β-lactam (4-membered cyclic amide) rings is 1. The van der Waals surface area contributed by atoms with E-state index in [0.29, 0.717) is 50.4 Å². The van der Waals surface area contributed by atoms with Crippen molar-refractivity contribution in [3.05, 3.63) is 18.2 Å². The number of carbonyl (C=O) groups excluding carboxylic acids is 1. The van der Waals surface area contributed by atoms with Crippen LogP contribution in [0.15, 0.2) is 18.2 Å². The second kappa shape index (κ2) is 6.42. The third-order valence-electron chi connectivity index (χ3n) is 5.66. The second-order valence-electron chi connectivity index (χ2n) is 7.28. The molecule has 3 heterocycles. The Morgan fingerprint density at radius 3 is 2.58 bits per heavy atom. The van der Waals surface area contributed by atoms with Gasteiger partial charge in [-0.05, 0) is 31.4 Å². The van der Waals surface area contributed by atoms with Gasteiger partial charge in [0.2, 0.25) is 22.7 Å². The van der Waals surface area contributed by atoms with E-state index in [4.69, 9.17) is 9.47 Å². The fraction of sp³-hybridized carbons (Fsp3) is 0.611. The lowest BCUT2D eigenvalue weighted by Crippen LogP contribution is -2.65. The highest BCUT2D eigenvalue weighted by molar-refractivity contribution is 7.89. The lowest BCUT2D eigenvalue weighted by atomic mass is 9.71. The average Bonchev–Trinajstić information content (AvgIpc) is 3.12. The Labute approximate surface area is 153 Å². The highest BCUT2D eigenvalue weighted by Crippen LogP contribution is 2.46. The smallest absolute Gasteiger partial charge is 0.235 e. The fourth-order valence-electron chi connectivity index (χ4n) is 3.92. The van der Waals surface area contributed by atoms with E-state index >= 15 is 0 Å². The number of sulfonamides is 1. The lowest BCUT2D eigenvalue weighted by Gasteiger charge is -2.52.